The Bertz CT molecular complexity index is 1100. The molecule has 2 aliphatic rings. The highest BCUT2D eigenvalue weighted by atomic mass is 32.1. The summed E-state index contributed by atoms with van der Waals surface area (Å²) in [7, 11) is 1.63. The molecule has 5 rings (SSSR count). The van der Waals surface area contributed by atoms with Crippen LogP contribution in [-0.4, -0.2) is 40.8 Å². The van der Waals surface area contributed by atoms with E-state index in [-0.39, 0.29) is 12.1 Å². The van der Waals surface area contributed by atoms with E-state index in [0.29, 0.717) is 17.7 Å². The van der Waals surface area contributed by atoms with E-state index in [4.69, 9.17) is 19.4 Å². The summed E-state index contributed by atoms with van der Waals surface area (Å²) >= 11 is 1.48. The fourth-order valence-electron chi connectivity index (χ4n) is 3.51. The number of nitrogens with zero attached hydrogens (tertiary/aromatic N) is 4. The lowest BCUT2D eigenvalue weighted by Gasteiger charge is -2.15. The van der Waals surface area contributed by atoms with Crippen molar-refractivity contribution < 1.29 is 14.3 Å². The Morgan fingerprint density at radius 3 is 3.00 bits per heavy atom. The van der Waals surface area contributed by atoms with Crippen LogP contribution in [0.25, 0.3) is 10.6 Å². The maximum absolute atomic E-state index is 12.1. The zero-order valence-corrected chi connectivity index (χ0v) is 16.8. The van der Waals surface area contributed by atoms with Crippen LogP contribution in [-0.2, 0) is 17.6 Å². The SMILES string of the molecule is COc1cccc(Nc2ncc3c(n2)-c2sc(N4C(=O)OCC4C)nc2CC3)c1. The molecule has 0 saturated carbocycles. The van der Waals surface area contributed by atoms with Crippen LogP contribution in [0.3, 0.4) is 0 Å². The van der Waals surface area contributed by atoms with Crippen LogP contribution in [0, 0.1) is 0 Å². The molecule has 1 aliphatic carbocycles. The lowest BCUT2D eigenvalue weighted by Crippen LogP contribution is -2.30. The first-order valence-electron chi connectivity index (χ1n) is 9.35. The average Bonchev–Trinajstić information content (AvgIpc) is 3.30. The first-order valence-corrected chi connectivity index (χ1v) is 10.2. The zero-order chi connectivity index (χ0) is 20.0. The predicted molar refractivity (Wildman–Crippen MR) is 110 cm³/mol. The number of thiazole rings is 1. The first kappa shape index (κ1) is 17.9. The van der Waals surface area contributed by atoms with Crippen LogP contribution in [0.4, 0.5) is 21.6 Å². The van der Waals surface area contributed by atoms with Crippen LogP contribution < -0.4 is 15.0 Å². The molecule has 29 heavy (non-hydrogen) atoms. The maximum Gasteiger partial charge on any atom is 0.416 e. The van der Waals surface area contributed by atoms with Crippen molar-refractivity contribution in [2.24, 2.45) is 0 Å². The van der Waals surface area contributed by atoms with E-state index in [1.807, 2.05) is 37.4 Å². The summed E-state index contributed by atoms with van der Waals surface area (Å²) in [6, 6.07) is 7.59. The number of cyclic esters (lactones) is 1. The molecule has 0 radical (unpaired) electrons. The van der Waals surface area contributed by atoms with E-state index >= 15 is 0 Å². The normalized spacial score (nSPS) is 17.5. The summed E-state index contributed by atoms with van der Waals surface area (Å²) in [5.41, 5.74) is 3.77. The number of benzene rings is 1. The largest absolute Gasteiger partial charge is 0.497 e. The highest BCUT2D eigenvalue weighted by Crippen LogP contribution is 2.41. The number of nitrogens with one attached hydrogen (secondary N) is 1. The standard InChI is InChI=1S/C20H19N5O3S/c1-11-10-28-20(26)25(11)19-23-15-7-6-12-9-21-18(24-16(12)17(15)29-19)22-13-4-3-5-14(8-13)27-2/h3-5,8-9,11H,6-7,10H2,1-2H3,(H,21,22,24). The fraction of sp³-hybridized carbons (Fsp3) is 0.300. The van der Waals surface area contributed by atoms with Gasteiger partial charge in [0.25, 0.3) is 0 Å². The van der Waals surface area contributed by atoms with Crippen LogP contribution in [0.5, 0.6) is 5.75 Å². The summed E-state index contributed by atoms with van der Waals surface area (Å²) in [4.78, 5) is 28.6. The summed E-state index contributed by atoms with van der Waals surface area (Å²) in [5.74, 6) is 1.27. The van der Waals surface area contributed by atoms with Gasteiger partial charge in [0.1, 0.15) is 12.4 Å². The zero-order valence-electron chi connectivity index (χ0n) is 16.0. The third-order valence-corrected chi connectivity index (χ3v) is 6.12. The number of hydrogen-bond donors (Lipinski definition) is 1. The minimum atomic E-state index is -0.341. The molecular weight excluding hydrogens is 390 g/mol. The average molecular weight is 409 g/mol. The van der Waals surface area contributed by atoms with Gasteiger partial charge in [-0.05, 0) is 37.5 Å². The van der Waals surface area contributed by atoms with E-state index in [2.05, 4.69) is 10.3 Å². The van der Waals surface area contributed by atoms with Crippen molar-refractivity contribution in [3.63, 3.8) is 0 Å². The van der Waals surface area contributed by atoms with Crippen molar-refractivity contribution >= 4 is 34.2 Å². The highest BCUT2D eigenvalue weighted by Gasteiger charge is 2.35. The van der Waals surface area contributed by atoms with Crippen molar-refractivity contribution in [1.29, 1.82) is 0 Å². The third kappa shape index (κ3) is 3.17. The molecule has 0 spiro atoms. The van der Waals surface area contributed by atoms with E-state index in [1.54, 1.807) is 12.0 Å². The lowest BCUT2D eigenvalue weighted by atomic mass is 10.00. The summed E-state index contributed by atoms with van der Waals surface area (Å²) in [5, 5.41) is 3.90. The number of hydrogen-bond acceptors (Lipinski definition) is 8. The molecule has 1 fully saturated rings. The van der Waals surface area contributed by atoms with Gasteiger partial charge in [-0.25, -0.2) is 24.6 Å². The van der Waals surface area contributed by atoms with Crippen LogP contribution >= 0.6 is 11.3 Å². The van der Waals surface area contributed by atoms with Gasteiger partial charge in [0.2, 0.25) is 5.95 Å². The second-order valence-corrected chi connectivity index (χ2v) is 7.97. The van der Waals surface area contributed by atoms with E-state index in [1.165, 1.54) is 11.3 Å². The van der Waals surface area contributed by atoms with Gasteiger partial charge in [0.15, 0.2) is 5.13 Å². The summed E-state index contributed by atoms with van der Waals surface area (Å²) in [6.45, 7) is 2.34. The molecule has 1 aliphatic heterocycles. The van der Waals surface area contributed by atoms with E-state index in [9.17, 15) is 4.79 Å². The Morgan fingerprint density at radius 1 is 1.31 bits per heavy atom. The number of carbonyl (C=O) groups excluding carboxylic acids is 1. The number of aromatic nitrogens is 3. The quantitative estimate of drug-likeness (QED) is 0.701. The maximum atomic E-state index is 12.1. The van der Waals surface area contributed by atoms with E-state index < -0.39 is 0 Å². The molecule has 1 aromatic carbocycles. The second-order valence-electron chi connectivity index (χ2n) is 6.99. The molecule has 148 valence electrons. The minimum Gasteiger partial charge on any atom is -0.497 e. The van der Waals surface area contributed by atoms with Crippen molar-refractivity contribution in [2.75, 3.05) is 23.9 Å². The van der Waals surface area contributed by atoms with Crippen molar-refractivity contribution in [3.8, 4) is 16.3 Å². The van der Waals surface area contributed by atoms with Crippen molar-refractivity contribution in [2.45, 2.75) is 25.8 Å². The van der Waals surface area contributed by atoms with Gasteiger partial charge in [-0.3, -0.25) is 0 Å². The second kappa shape index (κ2) is 7.00. The van der Waals surface area contributed by atoms with E-state index in [0.717, 1.165) is 46.1 Å². The highest BCUT2D eigenvalue weighted by molar-refractivity contribution is 7.19. The molecule has 3 heterocycles. The number of rotatable bonds is 4. The Morgan fingerprint density at radius 2 is 2.21 bits per heavy atom. The number of carbonyl (C=O) groups is 1. The number of ether oxygens (including phenoxy) is 2. The van der Waals surface area contributed by atoms with Crippen LogP contribution in [0.15, 0.2) is 30.5 Å². The number of anilines is 3. The molecule has 1 unspecified atom stereocenters. The predicted octanol–water partition coefficient (Wildman–Crippen LogP) is 3.80. The van der Waals surface area contributed by atoms with Gasteiger partial charge in [-0.15, -0.1) is 0 Å². The number of amides is 1. The molecule has 1 amide bonds. The minimum absolute atomic E-state index is 0.0229. The molecular formula is C20H19N5O3S. The topological polar surface area (TPSA) is 89.5 Å². The molecule has 3 aromatic rings. The Balaban J connectivity index is 1.49. The molecule has 1 atom stereocenters. The van der Waals surface area contributed by atoms with Crippen molar-refractivity contribution in [1.82, 2.24) is 15.0 Å². The number of aryl methyl sites for hydroxylation is 2. The molecule has 1 saturated heterocycles. The van der Waals surface area contributed by atoms with Crippen LogP contribution in [0.2, 0.25) is 0 Å². The Labute approximate surface area is 171 Å². The third-order valence-electron chi connectivity index (χ3n) is 5.01. The van der Waals surface area contributed by atoms with Gasteiger partial charge in [-0.1, -0.05) is 17.4 Å². The summed E-state index contributed by atoms with van der Waals surface area (Å²) in [6.07, 6.45) is 3.15. The lowest BCUT2D eigenvalue weighted by molar-refractivity contribution is 0.179. The fourth-order valence-corrected chi connectivity index (χ4v) is 4.74. The van der Waals surface area contributed by atoms with Crippen molar-refractivity contribution in [3.05, 3.63) is 41.7 Å². The van der Waals surface area contributed by atoms with Gasteiger partial charge in [0, 0.05) is 18.0 Å². The first-order chi connectivity index (χ1) is 14.1. The van der Waals surface area contributed by atoms with Crippen LogP contribution in [0.1, 0.15) is 18.2 Å². The monoisotopic (exact) mass is 409 g/mol. The van der Waals surface area contributed by atoms with Gasteiger partial charge in [0.05, 0.1) is 29.4 Å². The molecule has 9 heteroatoms. The number of fused-ring (bicyclic) bond motifs is 3. The van der Waals surface area contributed by atoms with Gasteiger partial charge < -0.3 is 14.8 Å². The molecule has 8 nitrogen and oxygen atoms in total. The smallest absolute Gasteiger partial charge is 0.416 e. The Kier molecular flexibility index (Phi) is 4.31. The summed E-state index contributed by atoms with van der Waals surface area (Å²) < 4.78 is 10.4. The molecule has 0 bridgehead atoms. The van der Waals surface area contributed by atoms with Gasteiger partial charge >= 0.3 is 6.09 Å². The van der Waals surface area contributed by atoms with Gasteiger partial charge in [-0.2, -0.15) is 0 Å². The molecule has 2 aromatic heterocycles. The number of methoxy groups -OCH3 is 1. The molecule has 1 N–H and O–H groups in total. The Hall–Kier alpha value is -3.20.